The molecule has 0 rings (SSSR count). The molecule has 4 amide bonds. The summed E-state index contributed by atoms with van der Waals surface area (Å²) < 4.78 is 0. The second-order valence-electron chi connectivity index (χ2n) is 4.88. The van der Waals surface area contributed by atoms with Crippen LogP contribution in [0.5, 0.6) is 0 Å². The Balaban J connectivity index is 4.42. The smallest absolute Gasteiger partial charge is 0.243 e. The third-order valence-electron chi connectivity index (χ3n) is 2.83. The lowest BCUT2D eigenvalue weighted by Gasteiger charge is -2.20. The van der Waals surface area contributed by atoms with Crippen LogP contribution in [0, 0.1) is 0 Å². The maximum atomic E-state index is 12.1. The van der Waals surface area contributed by atoms with Crippen LogP contribution in [0.25, 0.3) is 0 Å². The minimum absolute atomic E-state index is 0.0798. The molecular formula is C13H24N4O4S. The van der Waals surface area contributed by atoms with Gasteiger partial charge in [-0.1, -0.05) is 0 Å². The fourth-order valence-corrected chi connectivity index (χ4v) is 2.00. The van der Waals surface area contributed by atoms with Crippen LogP contribution in [0.15, 0.2) is 0 Å². The summed E-state index contributed by atoms with van der Waals surface area (Å²) in [6.07, 6.45) is 1.69. The zero-order valence-electron chi connectivity index (χ0n) is 12.8. The summed E-state index contributed by atoms with van der Waals surface area (Å²) in [5, 5.41) is 7.64. The molecule has 0 saturated carbocycles. The molecule has 0 aromatic rings. The van der Waals surface area contributed by atoms with Crippen LogP contribution in [0.2, 0.25) is 0 Å². The average molecular weight is 332 g/mol. The Bertz CT molecular complexity index is 417. The summed E-state index contributed by atoms with van der Waals surface area (Å²) in [5.74, 6) is -1.54. The number of hydrogen-bond donors (Lipinski definition) is 5. The van der Waals surface area contributed by atoms with E-state index in [4.69, 9.17) is 5.73 Å². The van der Waals surface area contributed by atoms with Crippen LogP contribution in [0.4, 0.5) is 0 Å². The van der Waals surface area contributed by atoms with Crippen molar-refractivity contribution >= 4 is 36.3 Å². The summed E-state index contributed by atoms with van der Waals surface area (Å²) >= 11 is 3.94. The van der Waals surface area contributed by atoms with Crippen LogP contribution in [-0.4, -0.2) is 48.0 Å². The normalized spacial score (nSPS) is 12.9. The Hall–Kier alpha value is -1.77. The van der Waals surface area contributed by atoms with Gasteiger partial charge in [-0.2, -0.15) is 12.6 Å². The molecule has 0 aromatic carbocycles. The van der Waals surface area contributed by atoms with Gasteiger partial charge in [-0.3, -0.25) is 19.2 Å². The van der Waals surface area contributed by atoms with Gasteiger partial charge in [-0.05, 0) is 19.3 Å². The van der Waals surface area contributed by atoms with Crippen molar-refractivity contribution in [2.24, 2.45) is 5.73 Å². The minimum atomic E-state index is -0.883. The number of nitrogens with two attached hydrogens (primary N) is 1. The quantitative estimate of drug-likeness (QED) is 0.251. The Morgan fingerprint density at radius 1 is 1.00 bits per heavy atom. The van der Waals surface area contributed by atoms with Gasteiger partial charge in [0, 0.05) is 26.1 Å². The molecule has 5 N–H and O–H groups in total. The van der Waals surface area contributed by atoms with Crippen molar-refractivity contribution in [1.29, 1.82) is 0 Å². The van der Waals surface area contributed by atoms with Crippen molar-refractivity contribution < 1.29 is 19.2 Å². The van der Waals surface area contributed by atoms with Crippen molar-refractivity contribution in [2.45, 2.75) is 45.2 Å². The molecule has 2 unspecified atom stereocenters. The molecule has 0 spiro atoms. The number of unbranched alkanes of at least 4 members (excludes halogenated alkanes) is 1. The zero-order valence-corrected chi connectivity index (χ0v) is 13.7. The Kier molecular flexibility index (Phi) is 10.0. The predicted octanol–water partition coefficient (Wildman–Crippen LogP) is -1.30. The van der Waals surface area contributed by atoms with Gasteiger partial charge in [0.25, 0.3) is 0 Å². The van der Waals surface area contributed by atoms with Gasteiger partial charge < -0.3 is 21.7 Å². The SMILES string of the molecule is CC(=O)NCCCCC(NC(C)=O)C(=O)NC(CS)C(N)=O. The number of nitrogens with one attached hydrogen (secondary N) is 3. The Morgan fingerprint density at radius 2 is 1.64 bits per heavy atom. The molecule has 0 aliphatic carbocycles. The van der Waals surface area contributed by atoms with Crippen LogP contribution in [0.3, 0.4) is 0 Å². The van der Waals surface area contributed by atoms with Crippen molar-refractivity contribution in [1.82, 2.24) is 16.0 Å². The molecule has 22 heavy (non-hydrogen) atoms. The summed E-state index contributed by atoms with van der Waals surface area (Å²) in [6.45, 7) is 3.24. The second kappa shape index (κ2) is 10.9. The van der Waals surface area contributed by atoms with Crippen molar-refractivity contribution in [3.05, 3.63) is 0 Å². The summed E-state index contributed by atoms with van der Waals surface area (Å²) in [4.78, 5) is 45.1. The number of primary amides is 1. The Morgan fingerprint density at radius 3 is 2.09 bits per heavy atom. The lowest BCUT2D eigenvalue weighted by atomic mass is 10.1. The summed E-state index contributed by atoms with van der Waals surface area (Å²) in [5.41, 5.74) is 5.13. The van der Waals surface area contributed by atoms with E-state index in [1.165, 1.54) is 13.8 Å². The first-order valence-corrected chi connectivity index (χ1v) is 7.63. The van der Waals surface area contributed by atoms with Crippen LogP contribution in [-0.2, 0) is 19.2 Å². The van der Waals surface area contributed by atoms with Crippen LogP contribution >= 0.6 is 12.6 Å². The molecule has 0 aliphatic heterocycles. The summed E-state index contributed by atoms with van der Waals surface area (Å²) in [7, 11) is 0. The van der Waals surface area contributed by atoms with Crippen molar-refractivity contribution in [3.8, 4) is 0 Å². The van der Waals surface area contributed by atoms with Crippen LogP contribution < -0.4 is 21.7 Å². The van der Waals surface area contributed by atoms with E-state index in [0.29, 0.717) is 25.8 Å². The van der Waals surface area contributed by atoms with Gasteiger partial charge >= 0.3 is 0 Å². The number of thiol groups is 1. The van der Waals surface area contributed by atoms with E-state index in [0.717, 1.165) is 0 Å². The molecule has 0 radical (unpaired) electrons. The molecule has 0 fully saturated rings. The topological polar surface area (TPSA) is 130 Å². The number of hydrogen-bond acceptors (Lipinski definition) is 5. The van der Waals surface area contributed by atoms with E-state index >= 15 is 0 Å². The first-order chi connectivity index (χ1) is 10.3. The minimum Gasteiger partial charge on any atom is -0.368 e. The number of rotatable bonds is 10. The molecule has 0 heterocycles. The highest BCUT2D eigenvalue weighted by Gasteiger charge is 2.23. The van der Waals surface area contributed by atoms with E-state index in [1.54, 1.807) is 0 Å². The molecule has 0 aliphatic rings. The van der Waals surface area contributed by atoms with Crippen molar-refractivity contribution in [2.75, 3.05) is 12.3 Å². The van der Waals surface area contributed by atoms with Gasteiger partial charge in [-0.25, -0.2) is 0 Å². The molecule has 0 aromatic heterocycles. The van der Waals surface area contributed by atoms with E-state index < -0.39 is 23.9 Å². The lowest BCUT2D eigenvalue weighted by Crippen LogP contribution is -2.53. The maximum Gasteiger partial charge on any atom is 0.243 e. The second-order valence-corrected chi connectivity index (χ2v) is 5.24. The zero-order chi connectivity index (χ0) is 17.1. The van der Waals surface area contributed by atoms with E-state index in [1.807, 2.05) is 0 Å². The Labute approximate surface area is 135 Å². The van der Waals surface area contributed by atoms with E-state index in [9.17, 15) is 19.2 Å². The van der Waals surface area contributed by atoms with Gasteiger partial charge in [0.15, 0.2) is 0 Å². The predicted molar refractivity (Wildman–Crippen MR) is 85.1 cm³/mol. The molecule has 9 heteroatoms. The molecule has 0 bridgehead atoms. The molecular weight excluding hydrogens is 308 g/mol. The fraction of sp³-hybridized carbons (Fsp3) is 0.692. The third kappa shape index (κ3) is 9.22. The number of carbonyl (C=O) groups excluding carboxylic acids is 4. The first-order valence-electron chi connectivity index (χ1n) is 7.00. The molecule has 2 atom stereocenters. The molecule has 0 saturated heterocycles. The van der Waals surface area contributed by atoms with Crippen molar-refractivity contribution in [3.63, 3.8) is 0 Å². The molecule has 8 nitrogen and oxygen atoms in total. The maximum absolute atomic E-state index is 12.1. The van der Waals surface area contributed by atoms with Gasteiger partial charge in [0.2, 0.25) is 23.6 Å². The van der Waals surface area contributed by atoms with E-state index in [2.05, 4.69) is 28.6 Å². The van der Waals surface area contributed by atoms with Crippen LogP contribution in [0.1, 0.15) is 33.1 Å². The lowest BCUT2D eigenvalue weighted by molar-refractivity contribution is -0.130. The molecule has 126 valence electrons. The van der Waals surface area contributed by atoms with E-state index in [-0.39, 0.29) is 17.6 Å². The summed E-state index contributed by atoms with van der Waals surface area (Å²) in [6, 6.07) is -1.64. The standard InChI is InChI=1S/C13H24N4O4S/c1-8(18)15-6-4-3-5-10(16-9(2)19)13(21)17-11(7-22)12(14)20/h10-11,22H,3-7H2,1-2H3,(H2,14,20)(H,15,18)(H,16,19)(H,17,21). The first kappa shape index (κ1) is 20.2. The average Bonchev–Trinajstić information content (AvgIpc) is 2.41. The highest BCUT2D eigenvalue weighted by Crippen LogP contribution is 2.02. The fourth-order valence-electron chi connectivity index (χ4n) is 1.73. The third-order valence-corrected chi connectivity index (χ3v) is 3.20. The number of carbonyl (C=O) groups is 4. The highest BCUT2D eigenvalue weighted by atomic mass is 32.1. The van der Waals surface area contributed by atoms with Gasteiger partial charge in [0.1, 0.15) is 12.1 Å². The van der Waals surface area contributed by atoms with Gasteiger partial charge in [-0.15, -0.1) is 0 Å². The van der Waals surface area contributed by atoms with Gasteiger partial charge in [0.05, 0.1) is 0 Å². The number of amides is 4. The largest absolute Gasteiger partial charge is 0.368 e. The highest BCUT2D eigenvalue weighted by molar-refractivity contribution is 7.80. The monoisotopic (exact) mass is 332 g/mol.